The zero-order valence-corrected chi connectivity index (χ0v) is 13.4. The Labute approximate surface area is 129 Å². The van der Waals surface area contributed by atoms with E-state index in [-0.39, 0.29) is 4.90 Å². The van der Waals surface area contributed by atoms with Crippen molar-refractivity contribution in [1.82, 2.24) is 4.72 Å². The number of sulfonamides is 1. The molecule has 1 aromatic heterocycles. The van der Waals surface area contributed by atoms with Crippen molar-refractivity contribution in [3.05, 3.63) is 59.1 Å². The minimum atomic E-state index is -3.88. The largest absolute Gasteiger partial charge is 0.462 e. The number of hydrogen-bond donors (Lipinski definition) is 1. The monoisotopic (exact) mass is 319 g/mol. The van der Waals surface area contributed by atoms with Gasteiger partial charge in [-0.2, -0.15) is 0 Å². The number of nitrogens with one attached hydrogen (secondary N) is 1. The topological polar surface area (TPSA) is 76.4 Å². The van der Waals surface area contributed by atoms with Crippen LogP contribution in [0.2, 0.25) is 0 Å². The van der Waals surface area contributed by atoms with E-state index in [1.165, 1.54) is 18.2 Å². The predicted octanol–water partition coefficient (Wildman–Crippen LogP) is 2.72. The fourth-order valence-electron chi connectivity index (χ4n) is 1.81. The van der Waals surface area contributed by atoms with Crippen molar-refractivity contribution in [2.24, 2.45) is 0 Å². The number of benzene rings is 1. The van der Waals surface area contributed by atoms with E-state index in [9.17, 15) is 13.2 Å². The van der Waals surface area contributed by atoms with Crippen molar-refractivity contribution in [2.75, 3.05) is 0 Å². The van der Waals surface area contributed by atoms with Crippen molar-refractivity contribution < 1.29 is 17.6 Å². The molecule has 0 radical (unpaired) electrons. The first-order chi connectivity index (χ1) is 10.3. The minimum absolute atomic E-state index is 0.0613. The summed E-state index contributed by atoms with van der Waals surface area (Å²) in [5, 5.41) is 0. The van der Waals surface area contributed by atoms with Gasteiger partial charge in [0.1, 0.15) is 11.5 Å². The summed E-state index contributed by atoms with van der Waals surface area (Å²) < 4.78 is 31.5. The van der Waals surface area contributed by atoms with Gasteiger partial charge in [-0.05, 0) is 62.2 Å². The Morgan fingerprint density at radius 1 is 1.09 bits per heavy atom. The molecule has 5 nitrogen and oxygen atoms in total. The molecule has 0 aliphatic rings. The number of aryl methyl sites for hydroxylation is 3. The molecule has 1 aromatic carbocycles. The van der Waals surface area contributed by atoms with Gasteiger partial charge in [-0.1, -0.05) is 6.07 Å². The SMILES string of the molecule is Cc1ccc(/C=C/C(=O)NS(=O)(=O)c2ccc(C)c(C)c2)o1. The second-order valence-electron chi connectivity index (χ2n) is 5.00. The third-order valence-corrected chi connectivity index (χ3v) is 4.53. The van der Waals surface area contributed by atoms with Crippen LogP contribution < -0.4 is 4.72 Å². The van der Waals surface area contributed by atoms with Gasteiger partial charge in [0.2, 0.25) is 0 Å². The van der Waals surface area contributed by atoms with E-state index < -0.39 is 15.9 Å². The van der Waals surface area contributed by atoms with E-state index in [0.717, 1.165) is 17.2 Å². The Hall–Kier alpha value is -2.34. The van der Waals surface area contributed by atoms with E-state index in [0.29, 0.717) is 11.5 Å². The van der Waals surface area contributed by atoms with Crippen LogP contribution in [0.4, 0.5) is 0 Å². The highest BCUT2D eigenvalue weighted by Gasteiger charge is 2.16. The Balaban J connectivity index is 2.12. The van der Waals surface area contributed by atoms with E-state index in [1.54, 1.807) is 25.1 Å². The van der Waals surface area contributed by atoms with Crippen molar-refractivity contribution in [3.8, 4) is 0 Å². The van der Waals surface area contributed by atoms with Gasteiger partial charge >= 0.3 is 0 Å². The molecule has 0 bridgehead atoms. The van der Waals surface area contributed by atoms with Crippen LogP contribution in [-0.2, 0) is 14.8 Å². The molecule has 0 unspecified atom stereocenters. The Bertz CT molecular complexity index is 832. The zero-order valence-electron chi connectivity index (χ0n) is 12.6. The lowest BCUT2D eigenvalue weighted by Gasteiger charge is -2.07. The third kappa shape index (κ3) is 3.85. The molecule has 22 heavy (non-hydrogen) atoms. The smallest absolute Gasteiger partial charge is 0.264 e. The maximum atomic E-state index is 12.1. The molecule has 116 valence electrons. The lowest BCUT2D eigenvalue weighted by atomic mass is 10.1. The maximum absolute atomic E-state index is 12.1. The summed E-state index contributed by atoms with van der Waals surface area (Å²) in [7, 11) is -3.88. The summed E-state index contributed by atoms with van der Waals surface area (Å²) in [5.74, 6) is 0.464. The molecule has 0 fully saturated rings. The number of amides is 1. The molecule has 0 aliphatic carbocycles. The molecule has 0 saturated heterocycles. The van der Waals surface area contributed by atoms with Gasteiger partial charge < -0.3 is 4.42 Å². The fraction of sp³-hybridized carbons (Fsp3) is 0.188. The molecular weight excluding hydrogens is 302 g/mol. The number of carbonyl (C=O) groups is 1. The molecule has 1 N–H and O–H groups in total. The fourth-order valence-corrected chi connectivity index (χ4v) is 2.84. The summed E-state index contributed by atoms with van der Waals surface area (Å²) >= 11 is 0. The number of carbonyl (C=O) groups excluding carboxylic acids is 1. The molecule has 0 atom stereocenters. The second kappa shape index (κ2) is 6.19. The summed E-state index contributed by atoms with van der Waals surface area (Å²) in [6.07, 6.45) is 2.54. The van der Waals surface area contributed by atoms with Crippen LogP contribution in [-0.4, -0.2) is 14.3 Å². The van der Waals surface area contributed by atoms with Gasteiger partial charge in [0, 0.05) is 6.08 Å². The van der Waals surface area contributed by atoms with Crippen LogP contribution >= 0.6 is 0 Å². The highest BCUT2D eigenvalue weighted by Crippen LogP contribution is 2.14. The van der Waals surface area contributed by atoms with Gasteiger partial charge in [-0.25, -0.2) is 13.1 Å². The summed E-state index contributed by atoms with van der Waals surface area (Å²) in [6, 6.07) is 8.15. The molecule has 2 rings (SSSR count). The molecule has 1 amide bonds. The standard InChI is InChI=1S/C16H17NO4S/c1-11-4-8-15(10-12(11)2)22(19,20)17-16(18)9-7-14-6-5-13(3)21-14/h4-10H,1-3H3,(H,17,18)/b9-7+. The zero-order chi connectivity index (χ0) is 16.3. The van der Waals surface area contributed by atoms with Crippen molar-refractivity contribution in [1.29, 1.82) is 0 Å². The first kappa shape index (κ1) is 16.0. The van der Waals surface area contributed by atoms with Gasteiger partial charge in [0.15, 0.2) is 0 Å². The van der Waals surface area contributed by atoms with Crippen LogP contribution in [0.15, 0.2) is 45.7 Å². The quantitative estimate of drug-likeness (QED) is 0.879. The molecule has 0 saturated carbocycles. The highest BCUT2D eigenvalue weighted by atomic mass is 32.2. The maximum Gasteiger partial charge on any atom is 0.264 e. The van der Waals surface area contributed by atoms with E-state index in [1.807, 2.05) is 18.6 Å². The van der Waals surface area contributed by atoms with Crippen molar-refractivity contribution in [3.63, 3.8) is 0 Å². The average Bonchev–Trinajstić information content (AvgIpc) is 2.85. The second-order valence-corrected chi connectivity index (χ2v) is 6.68. The van der Waals surface area contributed by atoms with Gasteiger partial charge in [0.05, 0.1) is 4.90 Å². The molecule has 0 aliphatic heterocycles. The Kier molecular flexibility index (Phi) is 4.51. The number of rotatable bonds is 4. The van der Waals surface area contributed by atoms with Crippen LogP contribution in [0.25, 0.3) is 6.08 Å². The van der Waals surface area contributed by atoms with Gasteiger partial charge in [-0.3, -0.25) is 4.79 Å². The third-order valence-electron chi connectivity index (χ3n) is 3.18. The lowest BCUT2D eigenvalue weighted by molar-refractivity contribution is -0.114. The summed E-state index contributed by atoms with van der Waals surface area (Å²) in [5.41, 5.74) is 1.83. The molecule has 0 spiro atoms. The summed E-state index contributed by atoms with van der Waals surface area (Å²) in [6.45, 7) is 5.48. The first-order valence-corrected chi connectivity index (χ1v) is 8.15. The van der Waals surface area contributed by atoms with Gasteiger partial charge in [-0.15, -0.1) is 0 Å². The van der Waals surface area contributed by atoms with Gasteiger partial charge in [0.25, 0.3) is 15.9 Å². The summed E-state index contributed by atoms with van der Waals surface area (Å²) in [4.78, 5) is 11.8. The Morgan fingerprint density at radius 2 is 1.82 bits per heavy atom. The average molecular weight is 319 g/mol. The van der Waals surface area contributed by atoms with Crippen molar-refractivity contribution >= 4 is 22.0 Å². The molecule has 6 heteroatoms. The molecule has 2 aromatic rings. The van der Waals surface area contributed by atoms with Crippen LogP contribution in [0, 0.1) is 20.8 Å². The molecule has 1 heterocycles. The molecular formula is C16H17NO4S. The normalized spacial score (nSPS) is 11.8. The van der Waals surface area contributed by atoms with E-state index in [4.69, 9.17) is 4.42 Å². The van der Waals surface area contributed by atoms with Crippen LogP contribution in [0.1, 0.15) is 22.6 Å². The van der Waals surface area contributed by atoms with Crippen LogP contribution in [0.3, 0.4) is 0 Å². The first-order valence-electron chi connectivity index (χ1n) is 6.66. The minimum Gasteiger partial charge on any atom is -0.462 e. The lowest BCUT2D eigenvalue weighted by Crippen LogP contribution is -2.29. The van der Waals surface area contributed by atoms with Crippen molar-refractivity contribution in [2.45, 2.75) is 25.7 Å². The Morgan fingerprint density at radius 3 is 2.41 bits per heavy atom. The number of furan rings is 1. The highest BCUT2D eigenvalue weighted by molar-refractivity contribution is 7.90. The van der Waals surface area contributed by atoms with E-state index in [2.05, 4.69) is 0 Å². The van der Waals surface area contributed by atoms with E-state index >= 15 is 0 Å². The van der Waals surface area contributed by atoms with Crippen LogP contribution in [0.5, 0.6) is 0 Å². The number of hydrogen-bond acceptors (Lipinski definition) is 4. The predicted molar refractivity (Wildman–Crippen MR) is 83.7 cm³/mol.